The number of nitrogens with two attached hydrogens (primary N) is 1. The van der Waals surface area contributed by atoms with E-state index in [4.69, 9.17) is 10.7 Å². The van der Waals surface area contributed by atoms with Crippen LogP contribution in [0.3, 0.4) is 0 Å². The number of fused-ring (bicyclic) bond motifs is 1. The third-order valence-corrected chi connectivity index (χ3v) is 4.36. The minimum absolute atomic E-state index is 0.613. The summed E-state index contributed by atoms with van der Waals surface area (Å²) in [5, 5.41) is 2.62. The molecule has 0 unspecified atom stereocenters. The molecular formula is C14H18N4S. The first-order chi connectivity index (χ1) is 9.17. The normalized spacial score (nSPS) is 15.5. The van der Waals surface area contributed by atoms with E-state index in [9.17, 15) is 0 Å². The maximum absolute atomic E-state index is 5.73. The number of hydrogen-bond donors (Lipinski definition) is 1. The summed E-state index contributed by atoms with van der Waals surface area (Å²) >= 11 is 1.48. The molecule has 3 heterocycles. The number of likely N-dealkylation sites (N-methyl/N-ethyl adjacent to an activating group) is 1. The lowest BCUT2D eigenvalue weighted by molar-refractivity contribution is 0.265. The Morgan fingerprint density at radius 1 is 1.42 bits per heavy atom. The molecule has 0 aliphatic carbocycles. The van der Waals surface area contributed by atoms with Crippen LogP contribution < -0.4 is 5.73 Å². The molecule has 2 aromatic rings. The first-order valence-corrected chi connectivity index (χ1v) is 7.48. The molecule has 5 heteroatoms. The largest absolute Gasteiger partial charge is 0.375 e. The van der Waals surface area contributed by atoms with Gasteiger partial charge < -0.3 is 5.73 Å². The summed E-state index contributed by atoms with van der Waals surface area (Å²) in [5.74, 6) is 0. The van der Waals surface area contributed by atoms with Crippen LogP contribution >= 0.6 is 11.3 Å². The molecule has 0 spiro atoms. The molecule has 0 fully saturated rings. The van der Waals surface area contributed by atoms with Crippen molar-refractivity contribution < 1.29 is 0 Å². The third-order valence-electron chi connectivity index (χ3n) is 3.69. The van der Waals surface area contributed by atoms with Gasteiger partial charge in [0, 0.05) is 41.8 Å². The van der Waals surface area contributed by atoms with Gasteiger partial charge in [0.25, 0.3) is 0 Å². The average molecular weight is 274 g/mol. The van der Waals surface area contributed by atoms with E-state index in [1.54, 1.807) is 0 Å². The minimum Gasteiger partial charge on any atom is -0.375 e. The molecule has 3 rings (SSSR count). The molecule has 4 nitrogen and oxygen atoms in total. The van der Waals surface area contributed by atoms with Gasteiger partial charge >= 0.3 is 0 Å². The maximum Gasteiger partial charge on any atom is 0.180 e. The smallest absolute Gasteiger partial charge is 0.180 e. The molecule has 0 radical (unpaired) electrons. The number of aromatic nitrogens is 2. The van der Waals surface area contributed by atoms with E-state index in [2.05, 4.69) is 29.8 Å². The Balaban J connectivity index is 2.03. The van der Waals surface area contributed by atoms with Crippen LogP contribution in [0, 0.1) is 6.92 Å². The Morgan fingerprint density at radius 3 is 2.95 bits per heavy atom. The van der Waals surface area contributed by atoms with E-state index in [1.807, 2.05) is 5.38 Å². The number of nitrogens with zero attached hydrogens (tertiary/aromatic N) is 3. The van der Waals surface area contributed by atoms with Crippen molar-refractivity contribution in [3.8, 4) is 11.3 Å². The minimum atomic E-state index is 0.613. The molecule has 2 aromatic heterocycles. The predicted octanol–water partition coefficient (Wildman–Crippen LogP) is 2.47. The SMILES string of the molecule is CCN1CCc2nc(C)c(-c3csc(N)n3)cc2C1. The molecule has 0 amide bonds. The third kappa shape index (κ3) is 2.35. The number of nitrogen functional groups attached to an aromatic ring is 1. The van der Waals surface area contributed by atoms with Crippen molar-refractivity contribution >= 4 is 16.5 Å². The monoisotopic (exact) mass is 274 g/mol. The second kappa shape index (κ2) is 4.90. The number of aryl methyl sites for hydroxylation is 1. The summed E-state index contributed by atoms with van der Waals surface area (Å²) in [7, 11) is 0. The van der Waals surface area contributed by atoms with Gasteiger partial charge in [-0.05, 0) is 25.1 Å². The summed E-state index contributed by atoms with van der Waals surface area (Å²) < 4.78 is 0. The highest BCUT2D eigenvalue weighted by Crippen LogP contribution is 2.29. The average Bonchev–Trinajstić information content (AvgIpc) is 2.84. The van der Waals surface area contributed by atoms with Crippen LogP contribution in [0.15, 0.2) is 11.4 Å². The summed E-state index contributed by atoms with van der Waals surface area (Å²) in [5.41, 5.74) is 11.4. The summed E-state index contributed by atoms with van der Waals surface area (Å²) in [6.45, 7) is 7.45. The van der Waals surface area contributed by atoms with E-state index < -0.39 is 0 Å². The number of thiazole rings is 1. The van der Waals surface area contributed by atoms with Crippen molar-refractivity contribution in [3.63, 3.8) is 0 Å². The van der Waals surface area contributed by atoms with Gasteiger partial charge in [-0.25, -0.2) is 4.98 Å². The fraction of sp³-hybridized carbons (Fsp3) is 0.429. The maximum atomic E-state index is 5.73. The van der Waals surface area contributed by atoms with Crippen LogP contribution in [0.25, 0.3) is 11.3 Å². The van der Waals surface area contributed by atoms with Crippen molar-refractivity contribution in [2.24, 2.45) is 0 Å². The summed E-state index contributed by atoms with van der Waals surface area (Å²) in [6.07, 6.45) is 1.05. The molecule has 1 aliphatic heterocycles. The number of hydrogen-bond acceptors (Lipinski definition) is 5. The Labute approximate surface area is 117 Å². The standard InChI is InChI=1S/C14H18N4S/c1-3-18-5-4-12-10(7-18)6-11(9(2)16-12)13-8-19-14(15)17-13/h6,8H,3-5,7H2,1-2H3,(H2,15,17). The summed E-state index contributed by atoms with van der Waals surface area (Å²) in [6, 6.07) is 2.24. The molecule has 0 aromatic carbocycles. The van der Waals surface area contributed by atoms with E-state index in [-0.39, 0.29) is 0 Å². The fourth-order valence-electron chi connectivity index (χ4n) is 2.57. The summed E-state index contributed by atoms with van der Waals surface area (Å²) in [4.78, 5) is 11.6. The quantitative estimate of drug-likeness (QED) is 0.914. The van der Waals surface area contributed by atoms with E-state index in [0.29, 0.717) is 5.13 Å². The van der Waals surface area contributed by atoms with Crippen LogP contribution in [0.4, 0.5) is 5.13 Å². The molecule has 100 valence electrons. The van der Waals surface area contributed by atoms with Gasteiger partial charge in [-0.3, -0.25) is 9.88 Å². The molecule has 0 saturated heterocycles. The van der Waals surface area contributed by atoms with Gasteiger partial charge in [0.2, 0.25) is 0 Å². The molecular weight excluding hydrogens is 256 g/mol. The predicted molar refractivity (Wildman–Crippen MR) is 79.1 cm³/mol. The first kappa shape index (κ1) is 12.6. The van der Waals surface area contributed by atoms with Crippen LogP contribution in [0.5, 0.6) is 0 Å². The lowest BCUT2D eigenvalue weighted by atomic mass is 10.0. The second-order valence-corrected chi connectivity index (χ2v) is 5.81. The molecule has 0 saturated carbocycles. The van der Waals surface area contributed by atoms with Crippen molar-refractivity contribution in [3.05, 3.63) is 28.4 Å². The number of rotatable bonds is 2. The lowest BCUT2D eigenvalue weighted by Gasteiger charge is -2.27. The number of pyridine rings is 1. The van der Waals surface area contributed by atoms with Gasteiger partial charge in [-0.2, -0.15) is 0 Å². The first-order valence-electron chi connectivity index (χ1n) is 6.60. The van der Waals surface area contributed by atoms with Crippen LogP contribution in [-0.2, 0) is 13.0 Å². The van der Waals surface area contributed by atoms with Crippen molar-refractivity contribution in [2.75, 3.05) is 18.8 Å². The zero-order valence-electron chi connectivity index (χ0n) is 11.3. The number of anilines is 1. The molecule has 0 bridgehead atoms. The molecule has 0 atom stereocenters. The molecule has 1 aliphatic rings. The fourth-order valence-corrected chi connectivity index (χ4v) is 3.14. The zero-order chi connectivity index (χ0) is 13.4. The Morgan fingerprint density at radius 2 is 2.26 bits per heavy atom. The van der Waals surface area contributed by atoms with Gasteiger partial charge in [0.1, 0.15) is 0 Å². The molecule has 19 heavy (non-hydrogen) atoms. The van der Waals surface area contributed by atoms with E-state index >= 15 is 0 Å². The Bertz CT molecular complexity index is 605. The van der Waals surface area contributed by atoms with Crippen molar-refractivity contribution in [1.82, 2.24) is 14.9 Å². The van der Waals surface area contributed by atoms with Crippen molar-refractivity contribution in [1.29, 1.82) is 0 Å². The highest BCUT2D eigenvalue weighted by atomic mass is 32.1. The Hall–Kier alpha value is -1.46. The van der Waals surface area contributed by atoms with E-state index in [0.717, 1.165) is 43.0 Å². The highest BCUT2D eigenvalue weighted by molar-refractivity contribution is 7.13. The zero-order valence-corrected chi connectivity index (χ0v) is 12.1. The van der Waals surface area contributed by atoms with Crippen LogP contribution in [0.1, 0.15) is 23.9 Å². The van der Waals surface area contributed by atoms with Crippen LogP contribution in [-0.4, -0.2) is 28.0 Å². The van der Waals surface area contributed by atoms with Crippen LogP contribution in [0.2, 0.25) is 0 Å². The van der Waals surface area contributed by atoms with E-state index in [1.165, 1.54) is 22.6 Å². The second-order valence-electron chi connectivity index (χ2n) is 4.92. The van der Waals surface area contributed by atoms with Gasteiger partial charge in [-0.1, -0.05) is 6.92 Å². The van der Waals surface area contributed by atoms with Gasteiger partial charge in [0.15, 0.2) is 5.13 Å². The topological polar surface area (TPSA) is 55.0 Å². The van der Waals surface area contributed by atoms with Gasteiger partial charge in [-0.15, -0.1) is 11.3 Å². The van der Waals surface area contributed by atoms with Crippen molar-refractivity contribution in [2.45, 2.75) is 26.8 Å². The molecule has 2 N–H and O–H groups in total. The van der Waals surface area contributed by atoms with Gasteiger partial charge in [0.05, 0.1) is 5.69 Å². The Kier molecular flexibility index (Phi) is 3.24. The highest BCUT2D eigenvalue weighted by Gasteiger charge is 2.19. The lowest BCUT2D eigenvalue weighted by Crippen LogP contribution is -2.31.